The zero-order valence-corrected chi connectivity index (χ0v) is 12.9. The Morgan fingerprint density at radius 1 is 1.25 bits per heavy atom. The van der Waals surface area contributed by atoms with Crippen LogP contribution in [0.25, 0.3) is 0 Å². The summed E-state index contributed by atoms with van der Waals surface area (Å²) in [6.07, 6.45) is 0.820. The van der Waals surface area contributed by atoms with Gasteiger partial charge in [-0.15, -0.1) is 0 Å². The summed E-state index contributed by atoms with van der Waals surface area (Å²) in [7, 11) is -0.799. The average molecular weight is 300 g/mol. The first-order chi connectivity index (χ1) is 9.21. The minimum absolute atomic E-state index is 0.00167. The molecule has 1 aliphatic carbocycles. The van der Waals surface area contributed by atoms with Crippen molar-refractivity contribution in [1.82, 2.24) is 4.72 Å². The molecule has 1 atom stereocenters. The number of rotatable bonds is 5. The minimum atomic E-state index is -3.67. The number of benzene rings is 1. The van der Waals surface area contributed by atoms with E-state index in [9.17, 15) is 8.42 Å². The van der Waals surface area contributed by atoms with E-state index >= 15 is 0 Å². The maximum atomic E-state index is 12.4. The molecule has 1 unspecified atom stereocenters. The van der Waals surface area contributed by atoms with Gasteiger partial charge < -0.3 is 15.2 Å². The Hall–Kier alpha value is -1.47. The summed E-state index contributed by atoms with van der Waals surface area (Å²) < 4.78 is 37.7. The minimum Gasteiger partial charge on any atom is -0.495 e. The normalized spacial score (nSPS) is 20.5. The van der Waals surface area contributed by atoms with E-state index in [4.69, 9.17) is 15.2 Å². The molecule has 1 aromatic carbocycles. The van der Waals surface area contributed by atoms with Crippen LogP contribution in [0.15, 0.2) is 17.0 Å². The van der Waals surface area contributed by atoms with Crippen molar-refractivity contribution in [2.45, 2.75) is 31.2 Å². The first-order valence-electron chi connectivity index (χ1n) is 6.25. The van der Waals surface area contributed by atoms with Crippen LogP contribution in [0.4, 0.5) is 5.69 Å². The Kier molecular flexibility index (Phi) is 3.60. The smallest absolute Gasteiger partial charge is 0.244 e. The number of nitrogens with one attached hydrogen (secondary N) is 1. The van der Waals surface area contributed by atoms with Gasteiger partial charge in [-0.1, -0.05) is 13.8 Å². The van der Waals surface area contributed by atoms with Gasteiger partial charge >= 0.3 is 0 Å². The van der Waals surface area contributed by atoms with Crippen LogP contribution in [0.5, 0.6) is 11.5 Å². The number of nitrogens with two attached hydrogens (primary N) is 1. The molecule has 1 aromatic rings. The third kappa shape index (κ3) is 2.69. The molecule has 0 saturated heterocycles. The maximum Gasteiger partial charge on any atom is 0.244 e. The first-order valence-corrected chi connectivity index (χ1v) is 7.73. The van der Waals surface area contributed by atoms with Gasteiger partial charge in [-0.05, 0) is 17.9 Å². The highest BCUT2D eigenvalue weighted by molar-refractivity contribution is 7.89. The molecule has 1 saturated carbocycles. The fourth-order valence-corrected chi connectivity index (χ4v) is 3.62. The molecule has 20 heavy (non-hydrogen) atoms. The lowest BCUT2D eigenvalue weighted by molar-refractivity contribution is 0.387. The van der Waals surface area contributed by atoms with Crippen molar-refractivity contribution in [3.63, 3.8) is 0 Å². The van der Waals surface area contributed by atoms with Crippen LogP contribution in [0, 0.1) is 5.41 Å². The van der Waals surface area contributed by atoms with Crippen molar-refractivity contribution >= 4 is 15.7 Å². The number of ether oxygens (including phenoxy) is 2. The molecule has 6 nitrogen and oxygen atoms in total. The van der Waals surface area contributed by atoms with Gasteiger partial charge in [0.1, 0.15) is 16.4 Å². The van der Waals surface area contributed by atoms with E-state index in [1.54, 1.807) is 0 Å². The van der Waals surface area contributed by atoms with Gasteiger partial charge in [0.05, 0.1) is 19.9 Å². The van der Waals surface area contributed by atoms with Gasteiger partial charge in [-0.25, -0.2) is 13.1 Å². The van der Waals surface area contributed by atoms with E-state index in [1.165, 1.54) is 26.4 Å². The van der Waals surface area contributed by atoms with Crippen molar-refractivity contribution in [2.24, 2.45) is 5.41 Å². The van der Waals surface area contributed by atoms with Crippen molar-refractivity contribution in [2.75, 3.05) is 20.0 Å². The molecule has 0 radical (unpaired) electrons. The second-order valence-corrected chi connectivity index (χ2v) is 7.29. The molecule has 7 heteroatoms. The molecule has 1 fully saturated rings. The molecule has 0 aromatic heterocycles. The highest BCUT2D eigenvalue weighted by atomic mass is 32.2. The molecule has 0 spiro atoms. The number of hydrogen-bond acceptors (Lipinski definition) is 5. The van der Waals surface area contributed by atoms with E-state index in [-0.39, 0.29) is 27.8 Å². The summed E-state index contributed by atoms with van der Waals surface area (Å²) in [6, 6.07) is 2.78. The lowest BCUT2D eigenvalue weighted by atomic mass is 10.2. The molecule has 3 N–H and O–H groups in total. The van der Waals surface area contributed by atoms with E-state index in [0.29, 0.717) is 5.75 Å². The van der Waals surface area contributed by atoms with Crippen molar-refractivity contribution in [3.05, 3.63) is 12.1 Å². The predicted molar refractivity (Wildman–Crippen MR) is 76.5 cm³/mol. The standard InChI is InChI=1S/C13H20N2O4S/c1-13(2)7-12(13)15-20(16,17)11-5-8(14)9(18-3)6-10(11)19-4/h5-6,12,15H,7,14H2,1-4H3. The second-order valence-electron chi connectivity index (χ2n) is 5.61. The van der Waals surface area contributed by atoms with E-state index < -0.39 is 10.0 Å². The molecule has 0 bridgehead atoms. The SMILES string of the molecule is COc1cc(OC)c(S(=O)(=O)NC2CC2(C)C)cc1N. The molecule has 0 amide bonds. The van der Waals surface area contributed by atoms with E-state index in [1.807, 2.05) is 13.8 Å². The average Bonchev–Trinajstić information content (AvgIpc) is 2.95. The summed E-state index contributed by atoms with van der Waals surface area (Å²) >= 11 is 0. The van der Waals surface area contributed by atoms with Gasteiger partial charge in [-0.3, -0.25) is 0 Å². The highest BCUT2D eigenvalue weighted by Gasteiger charge is 2.48. The van der Waals surface area contributed by atoms with Crippen LogP contribution < -0.4 is 19.9 Å². The topological polar surface area (TPSA) is 90.6 Å². The Morgan fingerprint density at radius 3 is 2.25 bits per heavy atom. The Bertz CT molecular complexity index is 626. The van der Waals surface area contributed by atoms with Gasteiger partial charge in [-0.2, -0.15) is 0 Å². The number of nitrogen functional groups attached to an aromatic ring is 1. The molecule has 0 heterocycles. The Morgan fingerprint density at radius 2 is 1.80 bits per heavy atom. The van der Waals surface area contributed by atoms with Crippen LogP contribution in [-0.4, -0.2) is 28.7 Å². The van der Waals surface area contributed by atoms with Crippen molar-refractivity contribution < 1.29 is 17.9 Å². The maximum absolute atomic E-state index is 12.4. The molecule has 2 rings (SSSR count). The number of methoxy groups -OCH3 is 2. The van der Waals surface area contributed by atoms with Gasteiger partial charge in [0, 0.05) is 12.1 Å². The predicted octanol–water partition coefficient (Wildman–Crippen LogP) is 1.36. The fraction of sp³-hybridized carbons (Fsp3) is 0.538. The van der Waals surface area contributed by atoms with E-state index in [0.717, 1.165) is 6.42 Å². The van der Waals surface area contributed by atoms with Crippen molar-refractivity contribution in [3.8, 4) is 11.5 Å². The van der Waals surface area contributed by atoms with Crippen LogP contribution >= 0.6 is 0 Å². The third-order valence-corrected chi connectivity index (χ3v) is 5.11. The molecular formula is C13H20N2O4S. The zero-order valence-electron chi connectivity index (χ0n) is 12.1. The molecule has 112 valence electrons. The summed E-state index contributed by atoms with van der Waals surface area (Å²) in [6.45, 7) is 4.03. The fourth-order valence-electron chi connectivity index (χ4n) is 2.02. The number of anilines is 1. The quantitative estimate of drug-likeness (QED) is 0.801. The molecule has 0 aliphatic heterocycles. The van der Waals surface area contributed by atoms with Gasteiger partial charge in [0.15, 0.2) is 0 Å². The van der Waals surface area contributed by atoms with Crippen LogP contribution in [0.3, 0.4) is 0 Å². The Labute approximate surface area is 119 Å². The van der Waals surface area contributed by atoms with Crippen LogP contribution in [-0.2, 0) is 10.0 Å². The molecular weight excluding hydrogens is 280 g/mol. The number of hydrogen-bond donors (Lipinski definition) is 2. The molecule has 1 aliphatic rings. The van der Waals surface area contributed by atoms with E-state index in [2.05, 4.69) is 4.72 Å². The summed E-state index contributed by atoms with van der Waals surface area (Å²) in [4.78, 5) is 0.0287. The number of sulfonamides is 1. The van der Waals surface area contributed by atoms with Crippen LogP contribution in [0.1, 0.15) is 20.3 Å². The van der Waals surface area contributed by atoms with Crippen molar-refractivity contribution in [1.29, 1.82) is 0 Å². The first kappa shape index (κ1) is 14.9. The van der Waals surface area contributed by atoms with Crippen LogP contribution in [0.2, 0.25) is 0 Å². The lowest BCUT2D eigenvalue weighted by Crippen LogP contribution is -2.29. The summed E-state index contributed by atoms with van der Waals surface area (Å²) in [5.41, 5.74) is 6.03. The zero-order chi connectivity index (χ0) is 15.1. The highest BCUT2D eigenvalue weighted by Crippen LogP contribution is 2.46. The monoisotopic (exact) mass is 300 g/mol. The summed E-state index contributed by atoms with van der Waals surface area (Å²) in [5, 5.41) is 0. The lowest BCUT2D eigenvalue weighted by Gasteiger charge is -2.14. The Balaban J connectivity index is 2.38. The van der Waals surface area contributed by atoms with Gasteiger partial charge in [0.25, 0.3) is 0 Å². The largest absolute Gasteiger partial charge is 0.495 e. The summed E-state index contributed by atoms with van der Waals surface area (Å²) in [5.74, 6) is 0.592. The third-order valence-electron chi connectivity index (χ3n) is 3.62. The van der Waals surface area contributed by atoms with Gasteiger partial charge in [0.2, 0.25) is 10.0 Å². The second kappa shape index (κ2) is 4.82.